The Bertz CT molecular complexity index is 540. The van der Waals surface area contributed by atoms with Gasteiger partial charge in [0, 0.05) is 23.5 Å². The number of hydrogen-bond donors (Lipinski definition) is 1. The van der Waals surface area contributed by atoms with Crippen LogP contribution in [0.4, 0.5) is 0 Å². The molecule has 0 saturated heterocycles. The first-order chi connectivity index (χ1) is 7.67. The van der Waals surface area contributed by atoms with Gasteiger partial charge in [-0.1, -0.05) is 13.8 Å². The topological polar surface area (TPSA) is 47.5 Å². The van der Waals surface area contributed by atoms with Crippen LogP contribution in [0.25, 0.3) is 5.52 Å². The lowest BCUT2D eigenvalue weighted by Crippen LogP contribution is -2.11. The van der Waals surface area contributed by atoms with Crippen molar-refractivity contribution >= 4 is 11.4 Å². The monoisotopic (exact) mass is 216 g/mol. The van der Waals surface area contributed by atoms with Crippen molar-refractivity contribution in [2.75, 3.05) is 0 Å². The molecule has 0 radical (unpaired) electrons. The number of nitrogens with two attached hydrogens (primary N) is 1. The number of hydrogen-bond acceptors (Lipinski definition) is 1. The zero-order chi connectivity index (χ0) is 11.7. The van der Waals surface area contributed by atoms with Crippen LogP contribution in [0.15, 0.2) is 24.5 Å². The molecule has 2 rings (SSSR count). The van der Waals surface area contributed by atoms with E-state index in [1.54, 1.807) is 6.07 Å². The molecule has 84 valence electrons. The number of fused-ring (bicyclic) bond motifs is 1. The van der Waals surface area contributed by atoms with Gasteiger partial charge in [0.25, 0.3) is 0 Å². The molecule has 2 aromatic rings. The Morgan fingerprint density at radius 1 is 1.38 bits per heavy atom. The van der Waals surface area contributed by atoms with E-state index in [0.717, 1.165) is 18.4 Å². The number of pyridine rings is 1. The minimum absolute atomic E-state index is 0.371. The fourth-order valence-corrected chi connectivity index (χ4v) is 2.14. The summed E-state index contributed by atoms with van der Waals surface area (Å²) in [4.78, 5) is 11.1. The summed E-state index contributed by atoms with van der Waals surface area (Å²) in [6, 6.07) is 3.63. The average molecular weight is 216 g/mol. The van der Waals surface area contributed by atoms with Gasteiger partial charge in [-0.2, -0.15) is 0 Å². The van der Waals surface area contributed by atoms with Crippen LogP contribution in [0.1, 0.15) is 35.3 Å². The zero-order valence-electron chi connectivity index (χ0n) is 9.66. The summed E-state index contributed by atoms with van der Waals surface area (Å²) in [6.45, 7) is 4.27. The molecule has 2 N–H and O–H groups in total. The molecule has 0 aliphatic rings. The van der Waals surface area contributed by atoms with Crippen LogP contribution in [0.3, 0.4) is 0 Å². The molecule has 0 aliphatic heterocycles. The van der Waals surface area contributed by atoms with Gasteiger partial charge in [0.05, 0.1) is 0 Å². The number of aryl methyl sites for hydroxylation is 2. The lowest BCUT2D eigenvalue weighted by Gasteiger charge is -2.01. The number of amides is 1. The first-order valence-electron chi connectivity index (χ1n) is 5.59. The smallest absolute Gasteiger partial charge is 0.248 e. The third-order valence-electron chi connectivity index (χ3n) is 3.00. The van der Waals surface area contributed by atoms with Crippen LogP contribution in [0.5, 0.6) is 0 Å². The molecule has 3 nitrogen and oxygen atoms in total. The fourth-order valence-electron chi connectivity index (χ4n) is 2.14. The highest BCUT2D eigenvalue weighted by atomic mass is 16.1. The van der Waals surface area contributed by atoms with Crippen molar-refractivity contribution < 1.29 is 4.79 Å². The van der Waals surface area contributed by atoms with Gasteiger partial charge in [0.1, 0.15) is 0 Å². The summed E-state index contributed by atoms with van der Waals surface area (Å²) in [5.41, 5.74) is 9.60. The number of nitrogens with zero attached hydrogens (tertiary/aromatic N) is 1. The molecule has 0 spiro atoms. The Balaban J connectivity index is 2.70. The third-order valence-corrected chi connectivity index (χ3v) is 3.00. The van der Waals surface area contributed by atoms with Gasteiger partial charge in [-0.05, 0) is 36.1 Å². The zero-order valence-corrected chi connectivity index (χ0v) is 9.66. The van der Waals surface area contributed by atoms with E-state index in [9.17, 15) is 4.79 Å². The number of primary amides is 1. The largest absolute Gasteiger partial charge is 0.366 e. The molecule has 3 heteroatoms. The Hall–Kier alpha value is -1.77. The standard InChI is InChI=1S/C13H16N2O/c1-3-9-8-15-6-5-10(13(14)16)7-12(15)11(9)4-2/h5-8H,3-4H2,1-2H3,(H2,14,16). The molecule has 0 bridgehead atoms. The van der Waals surface area contributed by atoms with Gasteiger partial charge in [0.2, 0.25) is 5.91 Å². The lowest BCUT2D eigenvalue weighted by atomic mass is 10.1. The van der Waals surface area contributed by atoms with Gasteiger partial charge >= 0.3 is 0 Å². The highest BCUT2D eigenvalue weighted by molar-refractivity contribution is 5.94. The summed E-state index contributed by atoms with van der Waals surface area (Å²) < 4.78 is 2.06. The van der Waals surface area contributed by atoms with Gasteiger partial charge in [-0.15, -0.1) is 0 Å². The van der Waals surface area contributed by atoms with Crippen LogP contribution in [-0.4, -0.2) is 10.3 Å². The summed E-state index contributed by atoms with van der Waals surface area (Å²) in [7, 11) is 0. The second kappa shape index (κ2) is 4.00. The number of carbonyl (C=O) groups excluding carboxylic acids is 1. The summed E-state index contributed by atoms with van der Waals surface area (Å²) in [5.74, 6) is -0.371. The predicted octanol–water partition coefficient (Wildman–Crippen LogP) is 2.16. The minimum Gasteiger partial charge on any atom is -0.366 e. The number of aromatic nitrogens is 1. The van der Waals surface area contributed by atoms with Crippen molar-refractivity contribution in [2.45, 2.75) is 26.7 Å². The molecule has 16 heavy (non-hydrogen) atoms. The van der Waals surface area contributed by atoms with Gasteiger partial charge < -0.3 is 10.1 Å². The number of rotatable bonds is 3. The fraction of sp³-hybridized carbons (Fsp3) is 0.308. The molecule has 0 aliphatic carbocycles. The molecule has 0 aromatic carbocycles. The SMILES string of the molecule is CCc1cn2ccc(C(N)=O)cc2c1CC. The van der Waals surface area contributed by atoms with E-state index in [1.807, 2.05) is 12.3 Å². The highest BCUT2D eigenvalue weighted by Gasteiger charge is 2.09. The van der Waals surface area contributed by atoms with Crippen LogP contribution >= 0.6 is 0 Å². The van der Waals surface area contributed by atoms with E-state index >= 15 is 0 Å². The summed E-state index contributed by atoms with van der Waals surface area (Å²) in [6.07, 6.45) is 6.01. The maximum atomic E-state index is 11.1. The van der Waals surface area contributed by atoms with E-state index in [1.165, 1.54) is 11.1 Å². The first-order valence-corrected chi connectivity index (χ1v) is 5.59. The lowest BCUT2D eigenvalue weighted by molar-refractivity contribution is 0.100. The number of carbonyl (C=O) groups is 1. The Morgan fingerprint density at radius 2 is 2.12 bits per heavy atom. The molecular weight excluding hydrogens is 200 g/mol. The normalized spacial score (nSPS) is 10.9. The highest BCUT2D eigenvalue weighted by Crippen LogP contribution is 2.21. The quantitative estimate of drug-likeness (QED) is 0.839. The van der Waals surface area contributed by atoms with Crippen molar-refractivity contribution in [3.63, 3.8) is 0 Å². The molecule has 0 saturated carbocycles. The van der Waals surface area contributed by atoms with Gasteiger partial charge in [-0.25, -0.2) is 0 Å². The Kier molecular flexibility index (Phi) is 2.69. The van der Waals surface area contributed by atoms with E-state index in [2.05, 4.69) is 24.4 Å². The van der Waals surface area contributed by atoms with Crippen LogP contribution in [0, 0.1) is 0 Å². The molecule has 2 heterocycles. The summed E-state index contributed by atoms with van der Waals surface area (Å²) in [5, 5.41) is 0. The van der Waals surface area contributed by atoms with Crippen molar-refractivity contribution in [2.24, 2.45) is 5.73 Å². The van der Waals surface area contributed by atoms with Crippen LogP contribution in [-0.2, 0) is 12.8 Å². The van der Waals surface area contributed by atoms with Gasteiger partial charge in [-0.3, -0.25) is 4.79 Å². The maximum absolute atomic E-state index is 11.1. The molecule has 0 unspecified atom stereocenters. The van der Waals surface area contributed by atoms with Crippen molar-refractivity contribution in [3.8, 4) is 0 Å². The molecule has 2 aromatic heterocycles. The summed E-state index contributed by atoms with van der Waals surface area (Å²) >= 11 is 0. The maximum Gasteiger partial charge on any atom is 0.248 e. The van der Waals surface area contributed by atoms with E-state index in [-0.39, 0.29) is 5.91 Å². The second-order valence-electron chi connectivity index (χ2n) is 3.91. The minimum atomic E-state index is -0.371. The first kappa shape index (κ1) is 10.7. The van der Waals surface area contributed by atoms with Crippen molar-refractivity contribution in [1.29, 1.82) is 0 Å². The van der Waals surface area contributed by atoms with Crippen molar-refractivity contribution in [1.82, 2.24) is 4.40 Å². The Labute approximate surface area is 94.9 Å². The second-order valence-corrected chi connectivity index (χ2v) is 3.91. The van der Waals surface area contributed by atoms with Crippen LogP contribution < -0.4 is 5.73 Å². The van der Waals surface area contributed by atoms with E-state index < -0.39 is 0 Å². The van der Waals surface area contributed by atoms with E-state index in [4.69, 9.17) is 5.73 Å². The Morgan fingerprint density at radius 3 is 2.69 bits per heavy atom. The molecule has 1 amide bonds. The molecule has 0 fully saturated rings. The van der Waals surface area contributed by atoms with Crippen LogP contribution in [0.2, 0.25) is 0 Å². The third kappa shape index (κ3) is 1.58. The average Bonchev–Trinajstić information content (AvgIpc) is 2.65. The van der Waals surface area contributed by atoms with E-state index in [0.29, 0.717) is 5.56 Å². The molecular formula is C13H16N2O. The van der Waals surface area contributed by atoms with Gasteiger partial charge in [0.15, 0.2) is 0 Å². The predicted molar refractivity (Wildman–Crippen MR) is 64.7 cm³/mol. The molecule has 0 atom stereocenters. The van der Waals surface area contributed by atoms with Crippen molar-refractivity contribution in [3.05, 3.63) is 41.2 Å².